The van der Waals surface area contributed by atoms with E-state index in [1.807, 2.05) is 24.3 Å². The van der Waals surface area contributed by atoms with Crippen LogP contribution in [0.4, 0.5) is 11.4 Å². The smallest absolute Gasteiger partial charge is 0.335 e. The highest BCUT2D eigenvalue weighted by atomic mass is 16.4. The Hall–Kier alpha value is -4.22. The van der Waals surface area contributed by atoms with E-state index in [4.69, 9.17) is 0 Å². The number of carbonyl (C=O) groups is 1. The van der Waals surface area contributed by atoms with Crippen LogP contribution in [0.1, 0.15) is 79.7 Å². The lowest BCUT2D eigenvalue weighted by Crippen LogP contribution is -2.25. The fourth-order valence-electron chi connectivity index (χ4n) is 5.12. The van der Waals surface area contributed by atoms with Gasteiger partial charge in [0.25, 0.3) is 0 Å². The second-order valence-electron chi connectivity index (χ2n) is 11.6. The molecule has 5 heteroatoms. The maximum atomic E-state index is 11.5. The second-order valence-corrected chi connectivity index (χ2v) is 11.6. The summed E-state index contributed by atoms with van der Waals surface area (Å²) in [5.41, 5.74) is 7.07. The molecule has 0 unspecified atom stereocenters. The first-order valence-corrected chi connectivity index (χ1v) is 15.8. The minimum absolute atomic E-state index is 0.190. The van der Waals surface area contributed by atoms with E-state index in [1.54, 1.807) is 6.07 Å². The van der Waals surface area contributed by atoms with Crippen LogP contribution in [-0.2, 0) is 13.0 Å². The van der Waals surface area contributed by atoms with Crippen molar-refractivity contribution in [2.24, 2.45) is 5.92 Å². The first-order chi connectivity index (χ1) is 21.2. The molecule has 1 aromatic heterocycles. The normalized spacial score (nSPS) is 10.8. The lowest BCUT2D eigenvalue weighted by atomic mass is 10.1. The third-order valence-electron chi connectivity index (χ3n) is 7.58. The number of pyridine rings is 1. The van der Waals surface area contributed by atoms with Crippen LogP contribution in [0.15, 0.2) is 104 Å². The Morgan fingerprint density at radius 2 is 1.57 bits per heavy atom. The molecule has 3 aromatic carbocycles. The zero-order chi connectivity index (χ0) is 31.9. The van der Waals surface area contributed by atoms with Crippen molar-refractivity contribution in [3.05, 3.63) is 132 Å². The van der Waals surface area contributed by atoms with Gasteiger partial charge in [-0.1, -0.05) is 94.9 Å². The SMILES string of the molecule is C=C(c1cc(C(=O)O)ccn1)N(c1ccc(CN(CCC)CCCC(C)C)cc1)c1ccccc1C.CCc1ccccc1. The van der Waals surface area contributed by atoms with Crippen LogP contribution in [0.3, 0.4) is 0 Å². The number of benzene rings is 3. The van der Waals surface area contributed by atoms with Gasteiger partial charge in [-0.05, 0) is 98.6 Å². The first-order valence-electron chi connectivity index (χ1n) is 15.8. The average molecular weight is 592 g/mol. The van der Waals surface area contributed by atoms with E-state index >= 15 is 0 Å². The van der Waals surface area contributed by atoms with Crippen molar-refractivity contribution in [1.82, 2.24) is 9.88 Å². The number of para-hydroxylation sites is 1. The molecule has 0 saturated carbocycles. The number of aryl methyl sites for hydroxylation is 2. The number of carboxylic acids is 1. The van der Waals surface area contributed by atoms with Gasteiger partial charge in [0.05, 0.1) is 17.0 Å². The van der Waals surface area contributed by atoms with E-state index in [0.717, 1.165) is 55.3 Å². The molecule has 5 nitrogen and oxygen atoms in total. The minimum atomic E-state index is -0.983. The van der Waals surface area contributed by atoms with Gasteiger partial charge in [-0.3, -0.25) is 9.88 Å². The van der Waals surface area contributed by atoms with Crippen LogP contribution in [0.5, 0.6) is 0 Å². The van der Waals surface area contributed by atoms with Gasteiger partial charge in [0.15, 0.2) is 0 Å². The van der Waals surface area contributed by atoms with Gasteiger partial charge in [0.2, 0.25) is 0 Å². The van der Waals surface area contributed by atoms with E-state index in [0.29, 0.717) is 11.4 Å². The van der Waals surface area contributed by atoms with E-state index in [9.17, 15) is 9.90 Å². The number of rotatable bonds is 14. The van der Waals surface area contributed by atoms with Gasteiger partial charge in [-0.2, -0.15) is 0 Å². The van der Waals surface area contributed by atoms with Gasteiger partial charge in [-0.25, -0.2) is 4.79 Å². The number of hydrogen-bond acceptors (Lipinski definition) is 4. The van der Waals surface area contributed by atoms with E-state index < -0.39 is 5.97 Å². The van der Waals surface area contributed by atoms with Gasteiger partial charge in [0, 0.05) is 24.1 Å². The van der Waals surface area contributed by atoms with E-state index in [-0.39, 0.29) is 5.56 Å². The highest BCUT2D eigenvalue weighted by Gasteiger charge is 2.19. The molecule has 0 aliphatic carbocycles. The first kappa shape index (κ1) is 34.3. The molecular weight excluding hydrogens is 542 g/mol. The largest absolute Gasteiger partial charge is 0.478 e. The summed E-state index contributed by atoms with van der Waals surface area (Å²) < 4.78 is 0. The van der Waals surface area contributed by atoms with Crippen molar-refractivity contribution in [2.75, 3.05) is 18.0 Å². The number of nitrogens with zero attached hydrogens (tertiary/aromatic N) is 3. The van der Waals surface area contributed by atoms with Gasteiger partial charge in [0.1, 0.15) is 0 Å². The summed E-state index contributed by atoms with van der Waals surface area (Å²) in [4.78, 5) is 20.6. The molecule has 0 atom stereocenters. The molecule has 4 rings (SSSR count). The lowest BCUT2D eigenvalue weighted by Gasteiger charge is -2.29. The Labute approximate surface area is 264 Å². The minimum Gasteiger partial charge on any atom is -0.478 e. The molecule has 4 aromatic rings. The molecule has 0 saturated heterocycles. The molecule has 44 heavy (non-hydrogen) atoms. The molecule has 1 N–H and O–H groups in total. The molecule has 0 radical (unpaired) electrons. The van der Waals surface area contributed by atoms with Gasteiger partial charge < -0.3 is 10.0 Å². The average Bonchev–Trinajstić information content (AvgIpc) is 3.03. The summed E-state index contributed by atoms with van der Waals surface area (Å²) in [6, 6.07) is 30.2. The van der Waals surface area contributed by atoms with Gasteiger partial charge >= 0.3 is 5.97 Å². The van der Waals surface area contributed by atoms with E-state index in [2.05, 4.69) is 111 Å². The zero-order valence-corrected chi connectivity index (χ0v) is 27.2. The summed E-state index contributed by atoms with van der Waals surface area (Å²) in [7, 11) is 0. The number of anilines is 2. The van der Waals surface area contributed by atoms with Crippen LogP contribution >= 0.6 is 0 Å². The standard InChI is InChI=1S/C31H39N3O2.C8H10/c1-6-19-33(20-9-10-23(2)3)22-26-13-15-28(16-14-26)34(30-12-8-7-11-24(30)4)25(5)29-21-27(31(35)36)17-18-32-29;1-2-8-6-4-3-5-7-8/h7-8,11-18,21,23H,5-6,9-10,19-20,22H2,1-4H3,(H,35,36);3-7H,2H2,1H3. The molecule has 0 aliphatic heterocycles. The van der Waals surface area contributed by atoms with Crippen LogP contribution in [-0.4, -0.2) is 34.0 Å². The Morgan fingerprint density at radius 3 is 2.16 bits per heavy atom. The molecule has 0 fully saturated rings. The summed E-state index contributed by atoms with van der Waals surface area (Å²) in [6.45, 7) is 18.5. The Morgan fingerprint density at radius 1 is 0.886 bits per heavy atom. The molecular formula is C39H49N3O2. The number of aromatic carboxylic acids is 1. The Bertz CT molecular complexity index is 1450. The van der Waals surface area contributed by atoms with Crippen molar-refractivity contribution < 1.29 is 9.90 Å². The highest BCUT2D eigenvalue weighted by Crippen LogP contribution is 2.35. The van der Waals surface area contributed by atoms with Crippen molar-refractivity contribution in [1.29, 1.82) is 0 Å². The van der Waals surface area contributed by atoms with Crippen molar-refractivity contribution in [3.63, 3.8) is 0 Å². The van der Waals surface area contributed by atoms with Crippen LogP contribution in [0.25, 0.3) is 5.70 Å². The predicted molar refractivity (Wildman–Crippen MR) is 185 cm³/mol. The van der Waals surface area contributed by atoms with Crippen LogP contribution in [0.2, 0.25) is 0 Å². The zero-order valence-electron chi connectivity index (χ0n) is 27.2. The maximum Gasteiger partial charge on any atom is 0.335 e. The molecule has 1 heterocycles. The maximum absolute atomic E-state index is 11.5. The number of aromatic nitrogens is 1. The molecule has 232 valence electrons. The summed E-state index contributed by atoms with van der Waals surface area (Å²) in [5.74, 6) is -0.248. The second kappa shape index (κ2) is 17.8. The predicted octanol–water partition coefficient (Wildman–Crippen LogP) is 9.79. The van der Waals surface area contributed by atoms with Crippen LogP contribution < -0.4 is 4.90 Å². The van der Waals surface area contributed by atoms with E-state index in [1.165, 1.54) is 36.2 Å². The fourth-order valence-corrected chi connectivity index (χ4v) is 5.12. The van der Waals surface area contributed by atoms with Gasteiger partial charge in [-0.15, -0.1) is 0 Å². The molecule has 0 spiro atoms. The number of hydrogen-bond donors (Lipinski definition) is 1. The Kier molecular flexibility index (Phi) is 13.9. The molecule has 0 bridgehead atoms. The monoisotopic (exact) mass is 591 g/mol. The summed E-state index contributed by atoms with van der Waals surface area (Å²) in [5, 5.41) is 9.45. The third kappa shape index (κ3) is 10.5. The van der Waals surface area contributed by atoms with Crippen LogP contribution in [0, 0.1) is 12.8 Å². The topological polar surface area (TPSA) is 56.7 Å². The fraction of sp³-hybridized carbons (Fsp3) is 0.333. The van der Waals surface area contributed by atoms with Crippen molar-refractivity contribution in [2.45, 2.75) is 66.8 Å². The van der Waals surface area contributed by atoms with Crippen molar-refractivity contribution >= 4 is 23.0 Å². The third-order valence-corrected chi connectivity index (χ3v) is 7.58. The molecule has 0 amide bonds. The number of carboxylic acid groups (broad SMARTS) is 1. The lowest BCUT2D eigenvalue weighted by molar-refractivity contribution is 0.0696. The highest BCUT2D eigenvalue weighted by molar-refractivity contribution is 5.91. The molecule has 0 aliphatic rings. The quantitative estimate of drug-likeness (QED) is 0.158. The Balaban J connectivity index is 0.000000572. The van der Waals surface area contributed by atoms with Crippen molar-refractivity contribution in [3.8, 4) is 0 Å². The summed E-state index contributed by atoms with van der Waals surface area (Å²) in [6.07, 6.45) is 6.28. The summed E-state index contributed by atoms with van der Waals surface area (Å²) >= 11 is 0.